The van der Waals surface area contributed by atoms with Crippen LogP contribution in [0.15, 0.2) is 31.0 Å². The van der Waals surface area contributed by atoms with Gasteiger partial charge in [-0.15, -0.1) is 0 Å². The maximum Gasteiger partial charge on any atom is 0.272 e. The molecule has 1 aliphatic heterocycles. The average Bonchev–Trinajstić information content (AvgIpc) is 3.25. The monoisotopic (exact) mass is 297 g/mol. The van der Waals surface area contributed by atoms with Crippen LogP contribution in [-0.4, -0.2) is 40.3 Å². The fraction of sp³-hybridized carbons (Fsp3) is 0.286. The van der Waals surface area contributed by atoms with E-state index in [1.165, 1.54) is 0 Å². The Labute approximate surface area is 126 Å². The number of rotatable bonds is 3. The molecule has 22 heavy (non-hydrogen) atoms. The zero-order valence-corrected chi connectivity index (χ0v) is 12.1. The molecule has 0 atom stereocenters. The maximum atomic E-state index is 12.4. The van der Waals surface area contributed by atoms with Gasteiger partial charge in [-0.3, -0.25) is 14.6 Å². The van der Waals surface area contributed by atoms with Crippen molar-refractivity contribution in [2.45, 2.75) is 19.6 Å². The molecular weight excluding hydrogens is 282 g/mol. The minimum absolute atomic E-state index is 0.0396. The molecule has 3 aromatic heterocycles. The predicted molar refractivity (Wildman–Crippen MR) is 76.7 cm³/mol. The van der Waals surface area contributed by atoms with E-state index in [2.05, 4.69) is 20.3 Å². The molecule has 0 unspecified atom stereocenters. The van der Waals surface area contributed by atoms with Crippen LogP contribution in [0.1, 0.15) is 27.4 Å². The fourth-order valence-electron chi connectivity index (χ4n) is 2.84. The molecule has 1 aliphatic rings. The molecule has 0 fully saturated rings. The summed E-state index contributed by atoms with van der Waals surface area (Å²) in [5, 5.41) is 11.1. The van der Waals surface area contributed by atoms with Gasteiger partial charge in [0.15, 0.2) is 0 Å². The number of aryl methyl sites for hydroxylation is 1. The Bertz CT molecular complexity index is 801. The minimum Gasteiger partial charge on any atom is -0.331 e. The van der Waals surface area contributed by atoms with E-state index in [0.717, 1.165) is 17.0 Å². The average molecular weight is 297 g/mol. The summed E-state index contributed by atoms with van der Waals surface area (Å²) in [5.74, 6) is -0.0396. The highest BCUT2D eigenvalue weighted by molar-refractivity contribution is 5.92. The number of nitrogens with one attached hydrogen (secondary N) is 1. The van der Waals surface area contributed by atoms with E-state index >= 15 is 0 Å². The first-order valence-electron chi connectivity index (χ1n) is 7.00. The van der Waals surface area contributed by atoms with Crippen molar-refractivity contribution < 1.29 is 4.79 Å². The second kappa shape index (κ2) is 4.83. The van der Waals surface area contributed by atoms with Crippen molar-refractivity contribution >= 4 is 5.91 Å². The van der Waals surface area contributed by atoms with Gasteiger partial charge in [-0.2, -0.15) is 10.2 Å². The fourth-order valence-corrected chi connectivity index (χ4v) is 2.84. The number of fused-ring (bicyclic) bond motifs is 1. The molecule has 0 aliphatic carbocycles. The number of H-pyrrole nitrogens is 1. The molecule has 4 heterocycles. The highest BCUT2D eigenvalue weighted by Crippen LogP contribution is 2.27. The van der Waals surface area contributed by atoms with Crippen LogP contribution in [-0.2, 0) is 26.7 Å². The van der Waals surface area contributed by atoms with E-state index in [1.807, 2.05) is 22.5 Å². The molecule has 0 radical (unpaired) electrons. The summed E-state index contributed by atoms with van der Waals surface area (Å²) in [7, 11) is 1.92. The van der Waals surface area contributed by atoms with Crippen molar-refractivity contribution in [3.8, 4) is 0 Å². The Morgan fingerprint density at radius 1 is 1.36 bits per heavy atom. The van der Waals surface area contributed by atoms with Gasteiger partial charge in [0, 0.05) is 31.2 Å². The van der Waals surface area contributed by atoms with Gasteiger partial charge in [0.05, 0.1) is 37.3 Å². The Kier molecular flexibility index (Phi) is 2.81. The summed E-state index contributed by atoms with van der Waals surface area (Å²) >= 11 is 0. The molecule has 0 saturated carbocycles. The lowest BCUT2D eigenvalue weighted by atomic mass is 10.2. The second-order valence-electron chi connectivity index (χ2n) is 5.36. The molecule has 8 nitrogen and oxygen atoms in total. The molecule has 8 heteroatoms. The molecule has 1 N–H and O–H groups in total. The van der Waals surface area contributed by atoms with Gasteiger partial charge in [-0.05, 0) is 6.07 Å². The Morgan fingerprint density at radius 3 is 3.00 bits per heavy atom. The van der Waals surface area contributed by atoms with Crippen LogP contribution in [0.4, 0.5) is 0 Å². The molecule has 0 bridgehead atoms. The zero-order chi connectivity index (χ0) is 15.1. The zero-order valence-electron chi connectivity index (χ0n) is 12.1. The van der Waals surface area contributed by atoms with Gasteiger partial charge in [-0.1, -0.05) is 0 Å². The SMILES string of the molecule is Cn1nc(Cn2ccnc2)c2c1CN(C(=O)c1ccn[nH]1)C2. The first-order valence-corrected chi connectivity index (χ1v) is 7.00. The standard InChI is InChI=1S/C14H15N7O/c1-19-13-8-21(14(22)11-2-3-16-17-11)6-10(13)12(18-19)7-20-5-4-15-9-20/h2-5,9H,6-8H2,1H3,(H,16,17). The molecule has 4 rings (SSSR count). The van der Waals surface area contributed by atoms with Crippen LogP contribution in [0, 0.1) is 0 Å². The van der Waals surface area contributed by atoms with Crippen LogP contribution in [0.5, 0.6) is 0 Å². The molecule has 112 valence electrons. The number of hydrogen-bond donors (Lipinski definition) is 1. The van der Waals surface area contributed by atoms with Gasteiger partial charge in [0.1, 0.15) is 5.69 Å². The molecule has 0 saturated heterocycles. The quantitative estimate of drug-likeness (QED) is 0.765. The van der Waals surface area contributed by atoms with E-state index < -0.39 is 0 Å². The van der Waals surface area contributed by atoms with Crippen LogP contribution in [0.3, 0.4) is 0 Å². The molecule has 0 spiro atoms. The van der Waals surface area contributed by atoms with Gasteiger partial charge in [0.25, 0.3) is 5.91 Å². The lowest BCUT2D eigenvalue weighted by Crippen LogP contribution is -2.26. The second-order valence-corrected chi connectivity index (χ2v) is 5.36. The van der Waals surface area contributed by atoms with E-state index in [9.17, 15) is 4.79 Å². The summed E-state index contributed by atoms with van der Waals surface area (Å²) in [4.78, 5) is 18.3. The van der Waals surface area contributed by atoms with Gasteiger partial charge in [0.2, 0.25) is 0 Å². The number of amides is 1. The summed E-state index contributed by atoms with van der Waals surface area (Å²) in [6.07, 6.45) is 7.01. The third-order valence-electron chi connectivity index (χ3n) is 3.96. The van der Waals surface area contributed by atoms with E-state index in [1.54, 1.807) is 29.7 Å². The Balaban J connectivity index is 1.60. The lowest BCUT2D eigenvalue weighted by molar-refractivity contribution is 0.0742. The topological polar surface area (TPSA) is 84.6 Å². The molecule has 1 amide bonds. The Hall–Kier alpha value is -2.90. The third kappa shape index (κ3) is 2.00. The van der Waals surface area contributed by atoms with Crippen molar-refractivity contribution in [2.24, 2.45) is 7.05 Å². The highest BCUT2D eigenvalue weighted by Gasteiger charge is 2.30. The molecule has 3 aromatic rings. The van der Waals surface area contributed by atoms with Crippen molar-refractivity contribution in [1.82, 2.24) is 34.4 Å². The number of aromatic amines is 1. The largest absolute Gasteiger partial charge is 0.331 e. The third-order valence-corrected chi connectivity index (χ3v) is 3.96. The minimum atomic E-state index is -0.0396. The summed E-state index contributed by atoms with van der Waals surface area (Å²) in [5.41, 5.74) is 3.71. The van der Waals surface area contributed by atoms with Crippen LogP contribution in [0.25, 0.3) is 0 Å². The number of hydrogen-bond acceptors (Lipinski definition) is 4. The van der Waals surface area contributed by atoms with Crippen molar-refractivity contribution in [3.63, 3.8) is 0 Å². The smallest absolute Gasteiger partial charge is 0.272 e. The number of aromatic nitrogens is 6. The van der Waals surface area contributed by atoms with E-state index in [-0.39, 0.29) is 5.91 Å². The van der Waals surface area contributed by atoms with Crippen LogP contribution < -0.4 is 0 Å². The summed E-state index contributed by atoms with van der Waals surface area (Å²) < 4.78 is 3.84. The predicted octanol–water partition coefficient (Wildman–Crippen LogP) is 0.544. The van der Waals surface area contributed by atoms with Gasteiger partial charge < -0.3 is 9.47 Å². The normalized spacial score (nSPS) is 13.6. The van der Waals surface area contributed by atoms with Crippen molar-refractivity contribution in [3.05, 3.63) is 53.6 Å². The van der Waals surface area contributed by atoms with E-state index in [0.29, 0.717) is 25.3 Å². The number of carbonyl (C=O) groups is 1. The first kappa shape index (κ1) is 12.8. The highest BCUT2D eigenvalue weighted by atomic mass is 16.2. The van der Waals surface area contributed by atoms with Crippen LogP contribution >= 0.6 is 0 Å². The van der Waals surface area contributed by atoms with Crippen molar-refractivity contribution in [1.29, 1.82) is 0 Å². The van der Waals surface area contributed by atoms with E-state index in [4.69, 9.17) is 0 Å². The molecular formula is C14H15N7O. The number of imidazole rings is 1. The maximum absolute atomic E-state index is 12.4. The van der Waals surface area contributed by atoms with Gasteiger partial charge >= 0.3 is 0 Å². The first-order chi connectivity index (χ1) is 10.7. The summed E-state index contributed by atoms with van der Waals surface area (Å²) in [6, 6.07) is 1.69. The number of nitrogens with zero attached hydrogens (tertiary/aromatic N) is 6. The lowest BCUT2D eigenvalue weighted by Gasteiger charge is -2.15. The van der Waals surface area contributed by atoms with Crippen molar-refractivity contribution in [2.75, 3.05) is 0 Å². The Morgan fingerprint density at radius 2 is 2.27 bits per heavy atom. The number of carbonyl (C=O) groups excluding carboxylic acids is 1. The summed E-state index contributed by atoms with van der Waals surface area (Å²) in [6.45, 7) is 1.81. The molecule has 0 aromatic carbocycles. The van der Waals surface area contributed by atoms with Crippen LogP contribution in [0.2, 0.25) is 0 Å². The van der Waals surface area contributed by atoms with Gasteiger partial charge in [-0.25, -0.2) is 4.98 Å².